The molecule has 0 fully saturated rings. The van der Waals surface area contributed by atoms with E-state index in [2.05, 4.69) is 6.58 Å². The van der Waals surface area contributed by atoms with Crippen LogP contribution in [0.5, 0.6) is 0 Å². The topological polar surface area (TPSA) is 40.5 Å². The lowest BCUT2D eigenvalue weighted by Crippen LogP contribution is -2.29. The molecule has 0 atom stereocenters. The third-order valence-electron chi connectivity index (χ3n) is 2.06. The highest BCUT2D eigenvalue weighted by molar-refractivity contribution is 5.86. The summed E-state index contributed by atoms with van der Waals surface area (Å²) in [4.78, 5) is 12.3. The van der Waals surface area contributed by atoms with Crippen molar-refractivity contribution in [2.75, 3.05) is 11.4 Å². The first-order valence-electron chi connectivity index (χ1n) is 5.07. The van der Waals surface area contributed by atoms with Crippen LogP contribution in [0.15, 0.2) is 55.1 Å². The molecule has 0 spiro atoms. The minimum Gasteiger partial charge on any atom is -0.465 e. The van der Waals surface area contributed by atoms with Gasteiger partial charge in [-0.05, 0) is 18.6 Å². The summed E-state index contributed by atoms with van der Waals surface area (Å²) in [5, 5.41) is 9.06. The fourth-order valence-corrected chi connectivity index (χ4v) is 1.27. The lowest BCUT2D eigenvalue weighted by molar-refractivity contribution is 0.202. The fraction of sp³-hybridized carbons (Fsp3) is 0.154. The SMILES string of the molecule is C=CCC=CCN(C(=O)O)c1ccccc1. The van der Waals surface area contributed by atoms with E-state index in [0.29, 0.717) is 12.2 Å². The summed E-state index contributed by atoms with van der Waals surface area (Å²) in [5.74, 6) is 0. The molecule has 0 aromatic heterocycles. The molecule has 3 heteroatoms. The third-order valence-corrected chi connectivity index (χ3v) is 2.06. The van der Waals surface area contributed by atoms with Gasteiger partial charge >= 0.3 is 6.09 Å². The van der Waals surface area contributed by atoms with Gasteiger partial charge in [0.15, 0.2) is 0 Å². The van der Waals surface area contributed by atoms with Gasteiger partial charge in [0.25, 0.3) is 0 Å². The van der Waals surface area contributed by atoms with Gasteiger partial charge in [0.2, 0.25) is 0 Å². The van der Waals surface area contributed by atoms with Crippen LogP contribution in [0, 0.1) is 0 Å². The predicted octanol–water partition coefficient (Wildman–Crippen LogP) is 3.30. The number of amides is 1. The van der Waals surface area contributed by atoms with E-state index in [0.717, 1.165) is 6.42 Å². The van der Waals surface area contributed by atoms with Gasteiger partial charge in [-0.3, -0.25) is 4.90 Å². The molecule has 0 aliphatic carbocycles. The van der Waals surface area contributed by atoms with Crippen molar-refractivity contribution in [1.82, 2.24) is 0 Å². The highest BCUT2D eigenvalue weighted by atomic mass is 16.4. The van der Waals surface area contributed by atoms with Gasteiger partial charge in [-0.25, -0.2) is 4.79 Å². The molecule has 0 bridgehead atoms. The van der Waals surface area contributed by atoms with Crippen molar-refractivity contribution in [1.29, 1.82) is 0 Å². The number of para-hydroxylation sites is 1. The van der Waals surface area contributed by atoms with Crippen LogP contribution in [0.3, 0.4) is 0 Å². The highest BCUT2D eigenvalue weighted by Crippen LogP contribution is 2.13. The number of rotatable bonds is 5. The molecule has 0 heterocycles. The Labute approximate surface area is 95.3 Å². The Kier molecular flexibility index (Phi) is 4.86. The van der Waals surface area contributed by atoms with Crippen molar-refractivity contribution in [3.63, 3.8) is 0 Å². The molecular formula is C13H15NO2. The van der Waals surface area contributed by atoms with Crippen LogP contribution < -0.4 is 4.90 Å². The number of carboxylic acid groups (broad SMARTS) is 1. The average molecular weight is 217 g/mol. The first-order chi connectivity index (χ1) is 7.75. The average Bonchev–Trinajstić information content (AvgIpc) is 2.30. The Balaban J connectivity index is 2.69. The van der Waals surface area contributed by atoms with Gasteiger partial charge in [0.05, 0.1) is 0 Å². The zero-order valence-electron chi connectivity index (χ0n) is 9.04. The number of hydrogen-bond acceptors (Lipinski definition) is 1. The minimum absolute atomic E-state index is 0.354. The van der Waals surface area contributed by atoms with Gasteiger partial charge in [0, 0.05) is 12.2 Å². The molecule has 0 saturated carbocycles. The second kappa shape index (κ2) is 6.45. The van der Waals surface area contributed by atoms with Crippen LogP contribution in [0.4, 0.5) is 10.5 Å². The Morgan fingerprint density at radius 2 is 2.00 bits per heavy atom. The van der Waals surface area contributed by atoms with Gasteiger partial charge in [-0.15, -0.1) is 6.58 Å². The molecule has 1 aromatic carbocycles. The van der Waals surface area contributed by atoms with E-state index in [4.69, 9.17) is 5.11 Å². The van der Waals surface area contributed by atoms with Crippen LogP contribution in [-0.4, -0.2) is 17.7 Å². The molecular weight excluding hydrogens is 202 g/mol. The van der Waals surface area contributed by atoms with Gasteiger partial charge in [0.1, 0.15) is 0 Å². The summed E-state index contributed by atoms with van der Waals surface area (Å²) in [5.41, 5.74) is 0.679. The molecule has 0 saturated heterocycles. The van der Waals surface area contributed by atoms with E-state index in [1.54, 1.807) is 18.2 Å². The van der Waals surface area contributed by atoms with Crippen molar-refractivity contribution in [2.45, 2.75) is 6.42 Å². The minimum atomic E-state index is -0.950. The lowest BCUT2D eigenvalue weighted by Gasteiger charge is -2.16. The number of carbonyl (C=O) groups is 1. The molecule has 84 valence electrons. The van der Waals surface area contributed by atoms with Crippen LogP contribution in [0.1, 0.15) is 6.42 Å². The van der Waals surface area contributed by atoms with Gasteiger partial charge in [-0.1, -0.05) is 36.4 Å². The molecule has 1 N–H and O–H groups in total. The maximum atomic E-state index is 11.0. The molecule has 3 nitrogen and oxygen atoms in total. The van der Waals surface area contributed by atoms with Crippen molar-refractivity contribution in [3.05, 3.63) is 55.1 Å². The molecule has 1 aromatic rings. The summed E-state index contributed by atoms with van der Waals surface area (Å²) in [6.45, 7) is 3.94. The number of nitrogens with zero attached hydrogens (tertiary/aromatic N) is 1. The Hall–Kier alpha value is -2.03. The standard InChI is InChI=1S/C13H15NO2/c1-2-3-4-8-11-14(13(15)16)12-9-6-5-7-10-12/h2,4-10H,1,3,11H2,(H,15,16). The van der Waals surface area contributed by atoms with Crippen molar-refractivity contribution < 1.29 is 9.90 Å². The van der Waals surface area contributed by atoms with Crippen molar-refractivity contribution >= 4 is 11.8 Å². The smallest absolute Gasteiger partial charge is 0.412 e. The van der Waals surface area contributed by atoms with E-state index < -0.39 is 6.09 Å². The summed E-state index contributed by atoms with van der Waals surface area (Å²) in [6.07, 6.45) is 5.29. The summed E-state index contributed by atoms with van der Waals surface area (Å²) in [7, 11) is 0. The fourth-order valence-electron chi connectivity index (χ4n) is 1.27. The van der Waals surface area contributed by atoms with E-state index >= 15 is 0 Å². The maximum absolute atomic E-state index is 11.0. The van der Waals surface area contributed by atoms with Crippen LogP contribution in [0.25, 0.3) is 0 Å². The molecule has 1 rings (SSSR count). The summed E-state index contributed by atoms with van der Waals surface area (Å²) in [6, 6.07) is 9.04. The van der Waals surface area contributed by atoms with Crippen LogP contribution >= 0.6 is 0 Å². The lowest BCUT2D eigenvalue weighted by atomic mass is 10.3. The van der Waals surface area contributed by atoms with E-state index in [9.17, 15) is 4.79 Å². The Bertz CT molecular complexity index is 371. The van der Waals surface area contributed by atoms with E-state index in [1.807, 2.05) is 30.4 Å². The zero-order valence-corrected chi connectivity index (χ0v) is 9.04. The second-order valence-electron chi connectivity index (χ2n) is 3.22. The normalized spacial score (nSPS) is 10.2. The summed E-state index contributed by atoms with van der Waals surface area (Å²) < 4.78 is 0. The van der Waals surface area contributed by atoms with Gasteiger partial charge in [-0.2, -0.15) is 0 Å². The molecule has 0 aliphatic heterocycles. The summed E-state index contributed by atoms with van der Waals surface area (Å²) >= 11 is 0. The van der Waals surface area contributed by atoms with Crippen LogP contribution in [0.2, 0.25) is 0 Å². The first-order valence-corrected chi connectivity index (χ1v) is 5.07. The monoisotopic (exact) mass is 217 g/mol. The first kappa shape index (κ1) is 12.0. The number of benzene rings is 1. The highest BCUT2D eigenvalue weighted by Gasteiger charge is 2.11. The molecule has 16 heavy (non-hydrogen) atoms. The predicted molar refractivity (Wildman–Crippen MR) is 65.8 cm³/mol. The van der Waals surface area contributed by atoms with Crippen molar-refractivity contribution in [2.24, 2.45) is 0 Å². The van der Waals surface area contributed by atoms with Crippen molar-refractivity contribution in [3.8, 4) is 0 Å². The Morgan fingerprint density at radius 1 is 1.31 bits per heavy atom. The second-order valence-corrected chi connectivity index (χ2v) is 3.22. The quantitative estimate of drug-likeness (QED) is 0.769. The molecule has 0 aliphatic rings. The Morgan fingerprint density at radius 3 is 2.56 bits per heavy atom. The number of anilines is 1. The van der Waals surface area contributed by atoms with Gasteiger partial charge < -0.3 is 5.11 Å². The zero-order chi connectivity index (χ0) is 11.8. The third kappa shape index (κ3) is 3.61. The molecule has 1 amide bonds. The molecule has 0 radical (unpaired) electrons. The number of allylic oxidation sites excluding steroid dienone is 2. The maximum Gasteiger partial charge on any atom is 0.412 e. The van der Waals surface area contributed by atoms with E-state index in [-0.39, 0.29) is 0 Å². The van der Waals surface area contributed by atoms with E-state index in [1.165, 1.54) is 4.90 Å². The largest absolute Gasteiger partial charge is 0.465 e. The number of hydrogen-bond donors (Lipinski definition) is 1. The molecule has 0 unspecified atom stereocenters. The van der Waals surface area contributed by atoms with Crippen LogP contribution in [-0.2, 0) is 0 Å².